The van der Waals surface area contributed by atoms with Gasteiger partial charge in [-0.25, -0.2) is 9.98 Å². The Bertz CT molecular complexity index is 1090. The van der Waals surface area contributed by atoms with Crippen molar-refractivity contribution < 1.29 is 14.8 Å². The van der Waals surface area contributed by atoms with Gasteiger partial charge in [-0.2, -0.15) is 4.73 Å². The summed E-state index contributed by atoms with van der Waals surface area (Å²) in [6.07, 6.45) is 5.47. The first-order chi connectivity index (χ1) is 12.8. The van der Waals surface area contributed by atoms with Gasteiger partial charge < -0.3 is 9.77 Å². The Labute approximate surface area is 164 Å². The van der Waals surface area contributed by atoms with Crippen molar-refractivity contribution in [1.29, 1.82) is 0 Å². The summed E-state index contributed by atoms with van der Waals surface area (Å²) in [6.45, 7) is 4.74. The molecule has 3 rings (SSSR count). The minimum Gasteiger partial charge on any atom is -0.429 e. The van der Waals surface area contributed by atoms with Gasteiger partial charge in [-0.1, -0.05) is 37.0 Å². The van der Waals surface area contributed by atoms with E-state index in [9.17, 15) is 14.8 Å². The molecule has 140 valence electrons. The molecule has 0 saturated heterocycles. The Hall–Kier alpha value is -2.64. The Morgan fingerprint density at radius 1 is 1.22 bits per heavy atom. The molecule has 0 aliphatic carbocycles. The van der Waals surface area contributed by atoms with Crippen LogP contribution in [0.1, 0.15) is 24.2 Å². The molecule has 1 amide bonds. The Kier molecular flexibility index (Phi) is 5.34. The van der Waals surface area contributed by atoms with Crippen molar-refractivity contribution in [3.63, 3.8) is 0 Å². The average molecular weight is 407 g/mol. The smallest absolute Gasteiger partial charge is 0.318 e. The Morgan fingerprint density at radius 2 is 1.89 bits per heavy atom. The molecule has 3 aromatic rings. The fourth-order valence-electron chi connectivity index (χ4n) is 2.72. The maximum atomic E-state index is 12.7. The number of nitrogens with zero attached hydrogens (tertiary/aromatic N) is 4. The zero-order valence-corrected chi connectivity index (χ0v) is 16.1. The fraction of sp³-hybridized carbons (Fsp3) is 0.222. The van der Waals surface area contributed by atoms with Crippen LogP contribution in [-0.2, 0) is 11.3 Å². The number of amides is 1. The number of Topliss-reactive ketones (excluding diaryl/α,β-unsaturated/α-hetero) is 1. The lowest BCUT2D eigenvalue weighted by molar-refractivity contribution is -0.114. The molecular formula is C18H16Cl2N4O3. The van der Waals surface area contributed by atoms with Crippen LogP contribution < -0.4 is 5.36 Å². The molecule has 0 unspecified atom stereocenters. The van der Waals surface area contributed by atoms with E-state index in [1.807, 2.05) is 18.4 Å². The number of pyridine rings is 2. The van der Waals surface area contributed by atoms with Crippen LogP contribution in [0.3, 0.4) is 0 Å². The fourth-order valence-corrected chi connectivity index (χ4v) is 3.25. The molecule has 0 bridgehead atoms. The van der Waals surface area contributed by atoms with Gasteiger partial charge in [-0.15, -0.1) is 0 Å². The highest BCUT2D eigenvalue weighted by atomic mass is 35.5. The quantitative estimate of drug-likeness (QED) is 0.408. The van der Waals surface area contributed by atoms with E-state index in [-0.39, 0.29) is 21.0 Å². The van der Waals surface area contributed by atoms with Gasteiger partial charge in [-0.3, -0.25) is 9.59 Å². The minimum atomic E-state index is -1.01. The van der Waals surface area contributed by atoms with E-state index in [0.717, 1.165) is 12.4 Å². The van der Waals surface area contributed by atoms with E-state index >= 15 is 0 Å². The van der Waals surface area contributed by atoms with Crippen molar-refractivity contribution in [2.24, 2.45) is 10.9 Å². The molecule has 0 radical (unpaired) electrons. The summed E-state index contributed by atoms with van der Waals surface area (Å²) in [5.74, 6) is -1.47. The number of fused-ring (bicyclic) bond motifs is 1. The molecule has 1 N–H and O–H groups in total. The lowest BCUT2D eigenvalue weighted by atomic mass is 10.1. The van der Waals surface area contributed by atoms with E-state index in [0.29, 0.717) is 28.2 Å². The highest BCUT2D eigenvalue weighted by molar-refractivity contribution is 6.45. The summed E-state index contributed by atoms with van der Waals surface area (Å²) in [4.78, 5) is 33.2. The second-order valence-electron chi connectivity index (χ2n) is 6.39. The van der Waals surface area contributed by atoms with Gasteiger partial charge in [0.05, 0.1) is 28.0 Å². The maximum absolute atomic E-state index is 12.7. The molecule has 0 aliphatic heterocycles. The van der Waals surface area contributed by atoms with E-state index in [2.05, 4.69) is 9.98 Å². The Balaban J connectivity index is 2.06. The molecule has 0 aromatic carbocycles. The molecule has 9 heteroatoms. The van der Waals surface area contributed by atoms with Crippen molar-refractivity contribution in [2.45, 2.75) is 20.4 Å². The second-order valence-corrected chi connectivity index (χ2v) is 7.21. The zero-order valence-electron chi connectivity index (χ0n) is 14.6. The molecule has 0 aliphatic rings. The first kappa shape index (κ1) is 19.1. The average Bonchev–Trinajstić information content (AvgIpc) is 2.95. The Morgan fingerprint density at radius 3 is 2.52 bits per heavy atom. The zero-order chi connectivity index (χ0) is 19.7. The highest BCUT2D eigenvalue weighted by Crippen LogP contribution is 2.21. The SMILES string of the molecule is CC(C)Cn1cc(C(=O)C(=O)N=c2c(Cl)cn(O)cc2Cl)c2cccnc21. The topological polar surface area (TPSA) is 89.5 Å². The summed E-state index contributed by atoms with van der Waals surface area (Å²) >= 11 is 11.9. The van der Waals surface area contributed by atoms with Crippen LogP contribution in [0.15, 0.2) is 41.9 Å². The summed E-state index contributed by atoms with van der Waals surface area (Å²) in [5, 5.41) is 9.75. The van der Waals surface area contributed by atoms with E-state index in [1.54, 1.807) is 24.5 Å². The number of carbonyl (C=O) groups excluding carboxylic acids is 2. The number of rotatable bonds is 4. The monoisotopic (exact) mass is 406 g/mol. The summed E-state index contributed by atoms with van der Waals surface area (Å²) in [7, 11) is 0. The predicted octanol–water partition coefficient (Wildman–Crippen LogP) is 3.35. The first-order valence-electron chi connectivity index (χ1n) is 8.11. The molecule has 0 spiro atoms. The number of hydrogen-bond donors (Lipinski definition) is 1. The molecule has 7 nitrogen and oxygen atoms in total. The van der Waals surface area contributed by atoms with Gasteiger partial charge in [0.25, 0.3) is 5.78 Å². The summed E-state index contributed by atoms with van der Waals surface area (Å²) < 4.78 is 2.48. The van der Waals surface area contributed by atoms with Crippen molar-refractivity contribution in [3.05, 3.63) is 57.9 Å². The van der Waals surface area contributed by atoms with Crippen molar-refractivity contribution in [2.75, 3.05) is 0 Å². The van der Waals surface area contributed by atoms with Crippen LogP contribution in [0.25, 0.3) is 11.0 Å². The van der Waals surface area contributed by atoms with Gasteiger partial charge in [0.2, 0.25) is 0 Å². The largest absolute Gasteiger partial charge is 0.429 e. The standard InChI is InChI=1S/C18H16Cl2N4O3/c1-10(2)6-23-7-12(11-4-3-5-21-17(11)23)16(25)18(26)22-15-13(19)8-24(27)9-14(15)20/h3-5,7-10,27H,6H2,1-2H3. The van der Waals surface area contributed by atoms with Gasteiger partial charge in [0, 0.05) is 24.3 Å². The highest BCUT2D eigenvalue weighted by Gasteiger charge is 2.22. The molecule has 3 aromatic heterocycles. The third-order valence-electron chi connectivity index (χ3n) is 3.79. The van der Waals surface area contributed by atoms with Crippen molar-refractivity contribution in [1.82, 2.24) is 14.3 Å². The minimum absolute atomic E-state index is 0.0601. The van der Waals surface area contributed by atoms with Crippen LogP contribution in [0.5, 0.6) is 0 Å². The lowest BCUT2D eigenvalue weighted by Crippen LogP contribution is -2.18. The number of carbonyl (C=O) groups is 2. The predicted molar refractivity (Wildman–Crippen MR) is 101 cm³/mol. The lowest BCUT2D eigenvalue weighted by Gasteiger charge is -2.06. The van der Waals surface area contributed by atoms with E-state index in [1.165, 1.54) is 0 Å². The van der Waals surface area contributed by atoms with E-state index in [4.69, 9.17) is 23.2 Å². The number of aromatic nitrogens is 3. The van der Waals surface area contributed by atoms with Gasteiger partial charge in [-0.05, 0) is 18.1 Å². The van der Waals surface area contributed by atoms with Crippen molar-refractivity contribution >= 4 is 45.9 Å². The molecule has 0 saturated carbocycles. The second kappa shape index (κ2) is 7.54. The van der Waals surface area contributed by atoms with E-state index < -0.39 is 11.7 Å². The van der Waals surface area contributed by atoms with Crippen LogP contribution in [0.4, 0.5) is 0 Å². The van der Waals surface area contributed by atoms with Gasteiger partial charge in [0.15, 0.2) is 0 Å². The van der Waals surface area contributed by atoms with Gasteiger partial charge >= 0.3 is 5.91 Å². The third-order valence-corrected chi connectivity index (χ3v) is 4.34. The van der Waals surface area contributed by atoms with Crippen molar-refractivity contribution in [3.8, 4) is 0 Å². The summed E-state index contributed by atoms with van der Waals surface area (Å²) in [5.41, 5.74) is 0.840. The van der Waals surface area contributed by atoms with Gasteiger partial charge in [0.1, 0.15) is 11.0 Å². The molecule has 3 heterocycles. The van der Waals surface area contributed by atoms with Crippen LogP contribution in [-0.4, -0.2) is 31.2 Å². The summed E-state index contributed by atoms with van der Waals surface area (Å²) in [6, 6.07) is 3.43. The number of halogens is 2. The molecular weight excluding hydrogens is 391 g/mol. The molecule has 0 fully saturated rings. The van der Waals surface area contributed by atoms with Crippen LogP contribution in [0, 0.1) is 5.92 Å². The normalized spacial score (nSPS) is 11.1. The van der Waals surface area contributed by atoms with Crippen LogP contribution >= 0.6 is 23.2 Å². The van der Waals surface area contributed by atoms with Crippen LogP contribution in [0.2, 0.25) is 10.0 Å². The number of ketones is 1. The maximum Gasteiger partial charge on any atom is 0.318 e. The number of hydrogen-bond acceptors (Lipinski definition) is 4. The molecule has 27 heavy (non-hydrogen) atoms. The molecule has 0 atom stereocenters. The third kappa shape index (κ3) is 3.89. The first-order valence-corrected chi connectivity index (χ1v) is 8.87.